The van der Waals surface area contributed by atoms with Crippen LogP contribution in [0, 0.1) is 5.82 Å². The van der Waals surface area contributed by atoms with Gasteiger partial charge in [-0.25, -0.2) is 12.8 Å². The third kappa shape index (κ3) is 5.69. The number of carbonyl (C=O) groups is 2. The van der Waals surface area contributed by atoms with Crippen LogP contribution in [0.2, 0.25) is 0 Å². The summed E-state index contributed by atoms with van der Waals surface area (Å²) in [6.07, 6.45) is 2.12. The summed E-state index contributed by atoms with van der Waals surface area (Å²) < 4.78 is 40.9. The van der Waals surface area contributed by atoms with Crippen molar-refractivity contribution >= 4 is 27.5 Å². The van der Waals surface area contributed by atoms with E-state index in [-0.39, 0.29) is 28.0 Å². The molecule has 2 aromatic rings. The Morgan fingerprint density at radius 1 is 0.879 bits per heavy atom. The fraction of sp³-hybridized carbons (Fsp3) is 0.391. The first-order valence-corrected chi connectivity index (χ1v) is 12.5. The number of amides is 2. The van der Waals surface area contributed by atoms with Crippen molar-refractivity contribution in [3.8, 4) is 0 Å². The molecule has 2 amide bonds. The molecule has 1 N–H and O–H groups in total. The summed E-state index contributed by atoms with van der Waals surface area (Å²) in [5, 5.41) is 0. The van der Waals surface area contributed by atoms with E-state index in [2.05, 4.69) is 9.62 Å². The number of nitrogens with zero attached hydrogens (tertiary/aromatic N) is 3. The van der Waals surface area contributed by atoms with E-state index < -0.39 is 15.8 Å². The van der Waals surface area contributed by atoms with Crippen LogP contribution < -0.4 is 4.72 Å². The number of nitrogens with one attached hydrogen (secondary N) is 1. The number of sulfonamides is 1. The van der Waals surface area contributed by atoms with E-state index in [4.69, 9.17) is 0 Å². The van der Waals surface area contributed by atoms with E-state index in [1.165, 1.54) is 30.3 Å². The molecule has 2 fully saturated rings. The zero-order valence-corrected chi connectivity index (χ0v) is 19.1. The van der Waals surface area contributed by atoms with Crippen LogP contribution in [0.15, 0.2) is 53.4 Å². The largest absolute Gasteiger partial charge is 0.342 e. The third-order valence-corrected chi connectivity index (χ3v) is 7.34. The van der Waals surface area contributed by atoms with Crippen molar-refractivity contribution in [1.29, 1.82) is 0 Å². The van der Waals surface area contributed by atoms with Crippen LogP contribution >= 0.6 is 0 Å². The molecule has 176 valence electrons. The molecule has 2 heterocycles. The van der Waals surface area contributed by atoms with Gasteiger partial charge in [-0.1, -0.05) is 6.07 Å². The van der Waals surface area contributed by atoms with Gasteiger partial charge in [0.25, 0.3) is 15.9 Å². The molecule has 2 aliphatic heterocycles. The Balaban J connectivity index is 1.36. The molecule has 8 nitrogen and oxygen atoms in total. The van der Waals surface area contributed by atoms with Crippen molar-refractivity contribution in [2.75, 3.05) is 50.5 Å². The summed E-state index contributed by atoms with van der Waals surface area (Å²) in [4.78, 5) is 30.9. The standard InChI is InChI=1S/C23H27FN4O4S/c24-19-6-8-20(9-7-19)25-33(31,32)21-5-3-4-18(16-21)23(30)28-14-12-26(13-15-28)17-22(29)27-10-1-2-11-27/h3-9,16,25H,1-2,10-15,17H2. The Bertz CT molecular complexity index is 1110. The first-order chi connectivity index (χ1) is 15.8. The number of anilines is 1. The summed E-state index contributed by atoms with van der Waals surface area (Å²) >= 11 is 0. The molecule has 2 aromatic carbocycles. The second-order valence-electron chi connectivity index (χ2n) is 8.30. The zero-order valence-electron chi connectivity index (χ0n) is 18.2. The molecule has 0 radical (unpaired) electrons. The molecule has 10 heteroatoms. The summed E-state index contributed by atoms with van der Waals surface area (Å²) in [7, 11) is -3.94. The van der Waals surface area contributed by atoms with E-state index in [1.54, 1.807) is 11.0 Å². The summed E-state index contributed by atoms with van der Waals surface area (Å²) in [5.41, 5.74) is 0.506. The number of hydrogen-bond acceptors (Lipinski definition) is 5. The molecule has 0 saturated carbocycles. The van der Waals surface area contributed by atoms with Crippen molar-refractivity contribution in [2.24, 2.45) is 0 Å². The molecular formula is C23H27FN4O4S. The minimum absolute atomic E-state index is 0.0486. The Morgan fingerprint density at radius 2 is 1.55 bits per heavy atom. The van der Waals surface area contributed by atoms with Gasteiger partial charge in [-0.05, 0) is 55.3 Å². The van der Waals surface area contributed by atoms with E-state index >= 15 is 0 Å². The Labute approximate surface area is 193 Å². The van der Waals surface area contributed by atoms with Gasteiger partial charge >= 0.3 is 0 Å². The highest BCUT2D eigenvalue weighted by Gasteiger charge is 2.26. The number of benzene rings is 2. The van der Waals surface area contributed by atoms with Crippen molar-refractivity contribution in [3.63, 3.8) is 0 Å². The van der Waals surface area contributed by atoms with Gasteiger partial charge in [0.05, 0.1) is 11.4 Å². The highest BCUT2D eigenvalue weighted by molar-refractivity contribution is 7.92. The number of hydrogen-bond donors (Lipinski definition) is 1. The van der Waals surface area contributed by atoms with Crippen LogP contribution in [-0.2, 0) is 14.8 Å². The van der Waals surface area contributed by atoms with Gasteiger partial charge in [0, 0.05) is 50.5 Å². The quantitative estimate of drug-likeness (QED) is 0.692. The molecular weight excluding hydrogens is 447 g/mol. The number of halogens is 1. The molecule has 0 atom stereocenters. The van der Waals surface area contributed by atoms with E-state index in [0.717, 1.165) is 38.1 Å². The topological polar surface area (TPSA) is 90.0 Å². The zero-order chi connectivity index (χ0) is 23.4. The highest BCUT2D eigenvalue weighted by Crippen LogP contribution is 2.19. The monoisotopic (exact) mass is 474 g/mol. The van der Waals surface area contributed by atoms with Crippen molar-refractivity contribution < 1.29 is 22.4 Å². The van der Waals surface area contributed by atoms with Crippen LogP contribution in [0.5, 0.6) is 0 Å². The van der Waals surface area contributed by atoms with Crippen molar-refractivity contribution in [1.82, 2.24) is 14.7 Å². The fourth-order valence-corrected chi connectivity index (χ4v) is 5.18. The summed E-state index contributed by atoms with van der Waals surface area (Å²) in [6.45, 7) is 4.14. The van der Waals surface area contributed by atoms with Gasteiger partial charge in [0.1, 0.15) is 5.82 Å². The lowest BCUT2D eigenvalue weighted by atomic mass is 10.2. The average molecular weight is 475 g/mol. The normalized spacial score (nSPS) is 17.2. The number of piperazine rings is 1. The first kappa shape index (κ1) is 23.2. The van der Waals surface area contributed by atoms with Crippen LogP contribution in [0.25, 0.3) is 0 Å². The lowest BCUT2D eigenvalue weighted by Crippen LogP contribution is -2.51. The molecule has 2 saturated heterocycles. The second kappa shape index (κ2) is 9.88. The maximum absolute atomic E-state index is 13.1. The van der Waals surface area contributed by atoms with Gasteiger partial charge in [-0.2, -0.15) is 0 Å². The molecule has 2 aliphatic rings. The van der Waals surface area contributed by atoms with Gasteiger partial charge in [0.2, 0.25) is 5.91 Å². The molecule has 0 aromatic heterocycles. The van der Waals surface area contributed by atoms with Gasteiger partial charge in [0.15, 0.2) is 0 Å². The van der Waals surface area contributed by atoms with Crippen LogP contribution in [0.3, 0.4) is 0 Å². The molecule has 0 unspecified atom stereocenters. The Hall–Kier alpha value is -2.98. The lowest BCUT2D eigenvalue weighted by molar-refractivity contribution is -0.131. The van der Waals surface area contributed by atoms with E-state index in [1.807, 2.05) is 4.90 Å². The molecule has 0 aliphatic carbocycles. The summed E-state index contributed by atoms with van der Waals surface area (Å²) in [6, 6.07) is 10.8. The number of rotatable bonds is 6. The Kier molecular flexibility index (Phi) is 6.94. The second-order valence-corrected chi connectivity index (χ2v) is 9.98. The number of carbonyl (C=O) groups excluding carboxylic acids is 2. The smallest absolute Gasteiger partial charge is 0.261 e. The maximum Gasteiger partial charge on any atom is 0.261 e. The highest BCUT2D eigenvalue weighted by atomic mass is 32.2. The minimum Gasteiger partial charge on any atom is -0.342 e. The first-order valence-electron chi connectivity index (χ1n) is 11.0. The maximum atomic E-state index is 13.1. The minimum atomic E-state index is -3.94. The fourth-order valence-electron chi connectivity index (χ4n) is 4.08. The van der Waals surface area contributed by atoms with Crippen molar-refractivity contribution in [3.05, 3.63) is 59.9 Å². The predicted molar refractivity (Wildman–Crippen MR) is 122 cm³/mol. The summed E-state index contributed by atoms with van der Waals surface area (Å²) in [5.74, 6) is -0.579. The number of likely N-dealkylation sites (tertiary alicyclic amines) is 1. The third-order valence-electron chi connectivity index (χ3n) is 5.96. The Morgan fingerprint density at radius 3 is 2.21 bits per heavy atom. The van der Waals surface area contributed by atoms with E-state index in [0.29, 0.717) is 32.7 Å². The molecule has 0 spiro atoms. The van der Waals surface area contributed by atoms with Gasteiger partial charge < -0.3 is 9.80 Å². The van der Waals surface area contributed by atoms with E-state index in [9.17, 15) is 22.4 Å². The SMILES string of the molecule is O=C(CN1CCN(C(=O)c2cccc(S(=O)(=O)Nc3ccc(F)cc3)c2)CC1)N1CCCC1. The molecule has 33 heavy (non-hydrogen) atoms. The average Bonchev–Trinajstić information content (AvgIpc) is 3.36. The van der Waals surface area contributed by atoms with Crippen molar-refractivity contribution in [2.45, 2.75) is 17.7 Å². The van der Waals surface area contributed by atoms with Crippen LogP contribution in [0.4, 0.5) is 10.1 Å². The lowest BCUT2D eigenvalue weighted by Gasteiger charge is -2.35. The van der Waals surface area contributed by atoms with Gasteiger partial charge in [-0.3, -0.25) is 19.2 Å². The van der Waals surface area contributed by atoms with Crippen LogP contribution in [0.1, 0.15) is 23.2 Å². The molecule has 4 rings (SSSR count). The van der Waals surface area contributed by atoms with Gasteiger partial charge in [-0.15, -0.1) is 0 Å². The molecule has 0 bridgehead atoms. The predicted octanol–water partition coefficient (Wildman–Crippen LogP) is 2.01. The van der Waals surface area contributed by atoms with Crippen LogP contribution in [-0.4, -0.2) is 80.7 Å².